The normalized spacial score (nSPS) is 18.1. The molecule has 0 bridgehead atoms. The molecule has 0 radical (unpaired) electrons. The second kappa shape index (κ2) is 5.21. The predicted octanol–water partition coefficient (Wildman–Crippen LogP) is 2.61. The molecule has 0 saturated heterocycles. The van der Waals surface area contributed by atoms with Crippen molar-refractivity contribution < 1.29 is 9.90 Å². The summed E-state index contributed by atoms with van der Waals surface area (Å²) >= 11 is 0. The summed E-state index contributed by atoms with van der Waals surface area (Å²) in [6.45, 7) is 3.67. The van der Waals surface area contributed by atoms with Gasteiger partial charge in [0.1, 0.15) is 5.75 Å². The van der Waals surface area contributed by atoms with Gasteiger partial charge in [0.05, 0.1) is 5.54 Å². The lowest BCUT2D eigenvalue weighted by molar-refractivity contribution is -0.122. The number of benzene rings is 1. The van der Waals surface area contributed by atoms with Crippen LogP contribution >= 0.6 is 0 Å². The van der Waals surface area contributed by atoms with Crippen LogP contribution in [0.3, 0.4) is 0 Å². The summed E-state index contributed by atoms with van der Waals surface area (Å²) in [5.41, 5.74) is 7.79. The fraction of sp³-hybridized carbons (Fsp3) is 0.533. The monoisotopic (exact) mass is 262 g/mol. The number of hydrogen-bond acceptors (Lipinski definition) is 3. The number of hydrogen-bond donors (Lipinski definition) is 3. The van der Waals surface area contributed by atoms with Gasteiger partial charge in [-0.3, -0.25) is 4.79 Å². The molecular weight excluding hydrogens is 240 g/mol. The first-order chi connectivity index (χ1) is 8.92. The molecule has 4 heteroatoms. The van der Waals surface area contributed by atoms with Gasteiger partial charge in [0.15, 0.2) is 0 Å². The average molecular weight is 262 g/mol. The SMILES string of the molecule is Cc1cc(NC(=O)C2(N)CCCCC2)c(C)cc1O. The van der Waals surface area contributed by atoms with E-state index in [9.17, 15) is 9.90 Å². The molecule has 1 aromatic rings. The van der Waals surface area contributed by atoms with Gasteiger partial charge in [-0.1, -0.05) is 19.3 Å². The number of nitrogens with one attached hydrogen (secondary N) is 1. The number of amides is 1. The van der Waals surface area contributed by atoms with Gasteiger partial charge < -0.3 is 16.2 Å². The summed E-state index contributed by atoms with van der Waals surface area (Å²) in [5.74, 6) is 0.135. The van der Waals surface area contributed by atoms with Crippen LogP contribution in [0, 0.1) is 13.8 Å². The van der Waals surface area contributed by atoms with Crippen molar-refractivity contribution in [3.63, 3.8) is 0 Å². The Morgan fingerprint density at radius 1 is 1.21 bits per heavy atom. The molecule has 104 valence electrons. The third-order valence-electron chi connectivity index (χ3n) is 3.99. The van der Waals surface area contributed by atoms with Crippen LogP contribution < -0.4 is 11.1 Å². The summed E-state index contributed by atoms with van der Waals surface area (Å²) in [6.07, 6.45) is 4.67. The summed E-state index contributed by atoms with van der Waals surface area (Å²) in [4.78, 5) is 12.3. The number of anilines is 1. The smallest absolute Gasteiger partial charge is 0.244 e. The molecule has 2 rings (SSSR count). The van der Waals surface area contributed by atoms with Crippen molar-refractivity contribution in [2.24, 2.45) is 5.73 Å². The highest BCUT2D eigenvalue weighted by Crippen LogP contribution is 2.29. The van der Waals surface area contributed by atoms with E-state index in [1.54, 1.807) is 12.1 Å². The van der Waals surface area contributed by atoms with Gasteiger partial charge in [-0.15, -0.1) is 0 Å². The van der Waals surface area contributed by atoms with Crippen LogP contribution in [0.4, 0.5) is 5.69 Å². The lowest BCUT2D eigenvalue weighted by atomic mass is 9.82. The van der Waals surface area contributed by atoms with Crippen molar-refractivity contribution in [3.05, 3.63) is 23.3 Å². The van der Waals surface area contributed by atoms with Crippen LogP contribution in [-0.4, -0.2) is 16.6 Å². The van der Waals surface area contributed by atoms with Gasteiger partial charge in [-0.25, -0.2) is 0 Å². The number of carbonyl (C=O) groups is 1. The maximum Gasteiger partial charge on any atom is 0.244 e. The second-order valence-corrected chi connectivity index (χ2v) is 5.62. The van der Waals surface area contributed by atoms with Gasteiger partial charge in [0.2, 0.25) is 5.91 Å². The Morgan fingerprint density at radius 2 is 1.84 bits per heavy atom. The number of nitrogens with two attached hydrogens (primary N) is 1. The number of rotatable bonds is 2. The maximum atomic E-state index is 12.3. The highest BCUT2D eigenvalue weighted by Gasteiger charge is 2.35. The molecular formula is C15H22N2O2. The van der Waals surface area contributed by atoms with Crippen LogP contribution in [0.15, 0.2) is 12.1 Å². The number of aromatic hydroxyl groups is 1. The topological polar surface area (TPSA) is 75.4 Å². The van der Waals surface area contributed by atoms with E-state index in [-0.39, 0.29) is 11.7 Å². The van der Waals surface area contributed by atoms with Crippen LogP contribution in [0.1, 0.15) is 43.2 Å². The van der Waals surface area contributed by atoms with Gasteiger partial charge >= 0.3 is 0 Å². The third-order valence-corrected chi connectivity index (χ3v) is 3.99. The Bertz CT molecular complexity index is 491. The fourth-order valence-corrected chi connectivity index (χ4v) is 2.59. The molecule has 0 spiro atoms. The lowest BCUT2D eigenvalue weighted by Crippen LogP contribution is -2.52. The Balaban J connectivity index is 2.16. The number of carbonyl (C=O) groups excluding carboxylic acids is 1. The molecule has 0 aliphatic heterocycles. The predicted molar refractivity (Wildman–Crippen MR) is 76.2 cm³/mol. The minimum Gasteiger partial charge on any atom is -0.508 e. The second-order valence-electron chi connectivity index (χ2n) is 5.62. The first-order valence-corrected chi connectivity index (χ1v) is 6.83. The molecule has 1 saturated carbocycles. The van der Waals surface area contributed by atoms with Crippen molar-refractivity contribution in [1.82, 2.24) is 0 Å². The van der Waals surface area contributed by atoms with Crippen LogP contribution in [0.5, 0.6) is 5.75 Å². The zero-order chi connectivity index (χ0) is 14.0. The van der Waals surface area contributed by atoms with Crippen molar-refractivity contribution in [2.75, 3.05) is 5.32 Å². The molecule has 4 nitrogen and oxygen atoms in total. The molecule has 1 aromatic carbocycles. The van der Waals surface area contributed by atoms with E-state index in [0.29, 0.717) is 0 Å². The molecule has 4 N–H and O–H groups in total. The van der Waals surface area contributed by atoms with E-state index >= 15 is 0 Å². The van der Waals surface area contributed by atoms with E-state index in [4.69, 9.17) is 5.73 Å². The van der Waals surface area contributed by atoms with Gasteiger partial charge in [-0.2, -0.15) is 0 Å². The number of aryl methyl sites for hydroxylation is 2. The Morgan fingerprint density at radius 3 is 2.47 bits per heavy atom. The van der Waals surface area contributed by atoms with Gasteiger partial charge in [-0.05, 0) is 49.9 Å². The molecule has 1 aliphatic carbocycles. The van der Waals surface area contributed by atoms with Crippen molar-refractivity contribution in [3.8, 4) is 5.75 Å². The number of phenolic OH excluding ortho intramolecular Hbond substituents is 1. The van der Waals surface area contributed by atoms with Gasteiger partial charge in [0, 0.05) is 5.69 Å². The number of phenols is 1. The van der Waals surface area contributed by atoms with E-state index in [1.165, 1.54) is 0 Å². The van der Waals surface area contributed by atoms with Crippen LogP contribution in [-0.2, 0) is 4.79 Å². The summed E-state index contributed by atoms with van der Waals surface area (Å²) < 4.78 is 0. The van der Waals surface area contributed by atoms with E-state index in [1.807, 2.05) is 13.8 Å². The Labute approximate surface area is 114 Å². The van der Waals surface area contributed by atoms with Crippen LogP contribution in [0.2, 0.25) is 0 Å². The maximum absolute atomic E-state index is 12.3. The average Bonchev–Trinajstić information content (AvgIpc) is 2.36. The highest BCUT2D eigenvalue weighted by molar-refractivity contribution is 5.98. The summed E-state index contributed by atoms with van der Waals surface area (Å²) in [5, 5.41) is 12.5. The fourth-order valence-electron chi connectivity index (χ4n) is 2.59. The Kier molecular flexibility index (Phi) is 3.80. The summed E-state index contributed by atoms with van der Waals surface area (Å²) in [6, 6.07) is 3.45. The molecule has 0 unspecified atom stereocenters. The zero-order valence-corrected chi connectivity index (χ0v) is 11.6. The molecule has 1 aliphatic rings. The van der Waals surface area contributed by atoms with Gasteiger partial charge in [0.25, 0.3) is 0 Å². The lowest BCUT2D eigenvalue weighted by Gasteiger charge is -2.32. The molecule has 19 heavy (non-hydrogen) atoms. The van der Waals surface area contributed by atoms with Crippen molar-refractivity contribution >= 4 is 11.6 Å². The Hall–Kier alpha value is -1.55. The largest absolute Gasteiger partial charge is 0.508 e. The van der Waals surface area contributed by atoms with Crippen molar-refractivity contribution in [1.29, 1.82) is 0 Å². The minimum atomic E-state index is -0.740. The minimum absolute atomic E-state index is 0.111. The van der Waals surface area contributed by atoms with E-state index in [0.717, 1.165) is 48.9 Å². The molecule has 1 fully saturated rings. The third kappa shape index (κ3) is 2.89. The standard InChI is InChI=1S/C15H22N2O2/c1-10-9-13(18)11(2)8-12(10)17-14(19)15(16)6-4-3-5-7-15/h8-9,18H,3-7,16H2,1-2H3,(H,17,19). The molecule has 1 amide bonds. The van der Waals surface area contributed by atoms with E-state index < -0.39 is 5.54 Å². The van der Waals surface area contributed by atoms with Crippen LogP contribution in [0.25, 0.3) is 0 Å². The molecule has 0 atom stereocenters. The van der Waals surface area contributed by atoms with E-state index in [2.05, 4.69) is 5.32 Å². The first kappa shape index (κ1) is 13.9. The first-order valence-electron chi connectivity index (χ1n) is 6.83. The molecule has 0 aromatic heterocycles. The summed E-state index contributed by atoms with van der Waals surface area (Å²) in [7, 11) is 0. The zero-order valence-electron chi connectivity index (χ0n) is 11.6. The molecule has 0 heterocycles. The van der Waals surface area contributed by atoms with Crippen molar-refractivity contribution in [2.45, 2.75) is 51.5 Å². The highest BCUT2D eigenvalue weighted by atomic mass is 16.3. The quantitative estimate of drug-likeness (QED) is 0.717.